The molecule has 1 spiro atoms. The highest BCUT2D eigenvalue weighted by atomic mass is 32.2. The largest absolute Gasteiger partial charge is 0.365 e. The lowest BCUT2D eigenvalue weighted by atomic mass is 9.86. The summed E-state index contributed by atoms with van der Waals surface area (Å²) >= 11 is 0. The van der Waals surface area contributed by atoms with E-state index in [1.54, 1.807) is 36.1 Å². The minimum atomic E-state index is -3.68. The molecule has 2 aliphatic heterocycles. The van der Waals surface area contributed by atoms with Crippen molar-refractivity contribution in [3.63, 3.8) is 0 Å². The molecule has 2 amide bonds. The number of hydrogen-bond acceptors (Lipinski definition) is 5. The number of benzene rings is 1. The quantitative estimate of drug-likeness (QED) is 0.657. The van der Waals surface area contributed by atoms with Crippen LogP contribution in [0.15, 0.2) is 29.2 Å². The van der Waals surface area contributed by atoms with Crippen LogP contribution < -0.4 is 15.4 Å². The summed E-state index contributed by atoms with van der Waals surface area (Å²) in [5, 5.41) is 6.46. The summed E-state index contributed by atoms with van der Waals surface area (Å²) in [7, 11) is -3.68. The molecule has 2 fully saturated rings. The Balaban J connectivity index is 1.47. The molecule has 1 saturated heterocycles. The van der Waals surface area contributed by atoms with Crippen molar-refractivity contribution >= 4 is 27.5 Å². The van der Waals surface area contributed by atoms with Crippen LogP contribution in [0.4, 0.5) is 5.69 Å². The maximum atomic E-state index is 12.9. The number of nitrogens with one attached hydrogen (secondary N) is 3. The number of para-hydroxylation sites is 1. The standard InChI is InChI=1S/C22H32N4O4S/c1-15-7-3-4-8-17(15)23-21(28)16(2)26-14-13-22(12-11-20(26)27)24-18-9-5-6-10-19(18)31(29,30)25-22/h5-6,9-10,15-17,24-25H,3-4,7-8,11-14H2,1-2H3,(H,23,28). The minimum absolute atomic E-state index is 0.129. The summed E-state index contributed by atoms with van der Waals surface area (Å²) in [5.74, 6) is 0.176. The van der Waals surface area contributed by atoms with Crippen molar-refractivity contribution in [2.75, 3.05) is 11.9 Å². The Morgan fingerprint density at radius 2 is 1.97 bits per heavy atom. The third kappa shape index (κ3) is 4.43. The summed E-state index contributed by atoms with van der Waals surface area (Å²) in [6.07, 6.45) is 5.26. The van der Waals surface area contributed by atoms with Gasteiger partial charge in [0.2, 0.25) is 21.8 Å². The molecule has 0 aromatic heterocycles. The van der Waals surface area contributed by atoms with Gasteiger partial charge in [-0.15, -0.1) is 0 Å². The van der Waals surface area contributed by atoms with E-state index in [4.69, 9.17) is 0 Å². The van der Waals surface area contributed by atoms with Gasteiger partial charge in [-0.2, -0.15) is 4.72 Å². The molecule has 1 saturated carbocycles. The van der Waals surface area contributed by atoms with Crippen LogP contribution in [0.5, 0.6) is 0 Å². The number of carbonyl (C=O) groups excluding carboxylic acids is 2. The van der Waals surface area contributed by atoms with Gasteiger partial charge in [-0.25, -0.2) is 8.42 Å². The van der Waals surface area contributed by atoms with Gasteiger partial charge < -0.3 is 15.5 Å². The molecule has 0 radical (unpaired) electrons. The van der Waals surface area contributed by atoms with Gasteiger partial charge in [-0.1, -0.05) is 31.9 Å². The van der Waals surface area contributed by atoms with Crippen LogP contribution in [0.2, 0.25) is 0 Å². The van der Waals surface area contributed by atoms with E-state index in [2.05, 4.69) is 22.3 Å². The fourth-order valence-corrected chi connectivity index (χ4v) is 6.58. The van der Waals surface area contributed by atoms with E-state index in [1.165, 1.54) is 6.42 Å². The molecule has 4 unspecified atom stereocenters. The van der Waals surface area contributed by atoms with Crippen LogP contribution in [0.25, 0.3) is 0 Å². The number of amides is 2. The van der Waals surface area contributed by atoms with Crippen molar-refractivity contribution < 1.29 is 18.0 Å². The Bertz CT molecular complexity index is 966. The van der Waals surface area contributed by atoms with Gasteiger partial charge in [-0.3, -0.25) is 9.59 Å². The maximum Gasteiger partial charge on any atom is 0.244 e. The number of sulfonamides is 1. The zero-order valence-corrected chi connectivity index (χ0v) is 19.0. The van der Waals surface area contributed by atoms with E-state index in [-0.39, 0.29) is 29.2 Å². The molecule has 170 valence electrons. The van der Waals surface area contributed by atoms with Crippen molar-refractivity contribution in [1.82, 2.24) is 14.9 Å². The van der Waals surface area contributed by atoms with E-state index in [0.717, 1.165) is 19.3 Å². The average Bonchev–Trinajstić information content (AvgIpc) is 2.88. The first-order valence-corrected chi connectivity index (χ1v) is 12.7. The molecule has 8 nitrogen and oxygen atoms in total. The Morgan fingerprint density at radius 1 is 1.23 bits per heavy atom. The van der Waals surface area contributed by atoms with Gasteiger partial charge in [0, 0.05) is 25.4 Å². The average molecular weight is 449 g/mol. The predicted molar refractivity (Wildman–Crippen MR) is 118 cm³/mol. The Kier molecular flexibility index (Phi) is 6.00. The van der Waals surface area contributed by atoms with Gasteiger partial charge in [0.25, 0.3) is 0 Å². The van der Waals surface area contributed by atoms with Crippen LogP contribution in [-0.4, -0.2) is 49.4 Å². The molecule has 3 N–H and O–H groups in total. The van der Waals surface area contributed by atoms with E-state index >= 15 is 0 Å². The van der Waals surface area contributed by atoms with Crippen LogP contribution in [-0.2, 0) is 19.6 Å². The molecule has 1 aromatic carbocycles. The van der Waals surface area contributed by atoms with Crippen LogP contribution in [0, 0.1) is 5.92 Å². The molecule has 9 heteroatoms. The smallest absolute Gasteiger partial charge is 0.244 e. The predicted octanol–water partition coefficient (Wildman–Crippen LogP) is 2.18. The van der Waals surface area contributed by atoms with Crippen molar-refractivity contribution in [3.05, 3.63) is 24.3 Å². The van der Waals surface area contributed by atoms with E-state index in [1.807, 2.05) is 0 Å². The Hall–Kier alpha value is -2.13. The lowest BCUT2D eigenvalue weighted by Crippen LogP contribution is -2.58. The fourth-order valence-electron chi connectivity index (χ4n) is 5.04. The van der Waals surface area contributed by atoms with Crippen LogP contribution >= 0.6 is 0 Å². The van der Waals surface area contributed by atoms with Gasteiger partial charge in [0.1, 0.15) is 16.6 Å². The molecule has 2 heterocycles. The summed E-state index contributed by atoms with van der Waals surface area (Å²) in [6.45, 7) is 4.21. The second-order valence-corrected chi connectivity index (χ2v) is 10.8. The number of likely N-dealkylation sites (tertiary alicyclic amines) is 1. The first kappa shape index (κ1) is 22.1. The molecule has 1 aliphatic carbocycles. The first-order valence-electron chi connectivity index (χ1n) is 11.2. The third-order valence-corrected chi connectivity index (χ3v) is 8.63. The lowest BCUT2D eigenvalue weighted by Gasteiger charge is -2.39. The molecule has 4 rings (SSSR count). The highest BCUT2D eigenvalue weighted by molar-refractivity contribution is 7.89. The van der Waals surface area contributed by atoms with Crippen molar-refractivity contribution in [1.29, 1.82) is 0 Å². The number of carbonyl (C=O) groups is 2. The molecule has 4 atom stereocenters. The number of rotatable bonds is 3. The highest BCUT2D eigenvalue weighted by Gasteiger charge is 2.44. The molecular weight excluding hydrogens is 416 g/mol. The second-order valence-electron chi connectivity index (χ2n) is 9.20. The molecule has 31 heavy (non-hydrogen) atoms. The van der Waals surface area contributed by atoms with Gasteiger partial charge in [0.05, 0.1) is 5.69 Å². The van der Waals surface area contributed by atoms with E-state index < -0.39 is 21.7 Å². The zero-order valence-electron chi connectivity index (χ0n) is 18.2. The fraction of sp³-hybridized carbons (Fsp3) is 0.636. The Labute approximate surface area is 184 Å². The van der Waals surface area contributed by atoms with Crippen molar-refractivity contribution in [3.8, 4) is 0 Å². The summed E-state index contributed by atoms with van der Waals surface area (Å²) in [4.78, 5) is 27.6. The number of anilines is 1. The van der Waals surface area contributed by atoms with Gasteiger partial charge >= 0.3 is 0 Å². The molecule has 1 aromatic rings. The van der Waals surface area contributed by atoms with Crippen LogP contribution in [0.1, 0.15) is 58.8 Å². The van der Waals surface area contributed by atoms with Gasteiger partial charge in [0.15, 0.2) is 0 Å². The van der Waals surface area contributed by atoms with Gasteiger partial charge in [-0.05, 0) is 44.2 Å². The molecule has 0 bridgehead atoms. The highest BCUT2D eigenvalue weighted by Crippen LogP contribution is 2.35. The second kappa shape index (κ2) is 8.43. The zero-order chi connectivity index (χ0) is 22.2. The van der Waals surface area contributed by atoms with Crippen molar-refractivity contribution in [2.24, 2.45) is 5.92 Å². The molecule has 3 aliphatic rings. The minimum Gasteiger partial charge on any atom is -0.365 e. The monoisotopic (exact) mass is 448 g/mol. The van der Waals surface area contributed by atoms with E-state index in [9.17, 15) is 18.0 Å². The summed E-state index contributed by atoms with van der Waals surface area (Å²) in [5.41, 5.74) is -0.398. The lowest BCUT2D eigenvalue weighted by molar-refractivity contribution is -0.140. The van der Waals surface area contributed by atoms with Crippen molar-refractivity contribution in [2.45, 2.75) is 81.4 Å². The number of hydrogen-bond donors (Lipinski definition) is 3. The first-order chi connectivity index (χ1) is 14.7. The number of nitrogens with zero attached hydrogens (tertiary/aromatic N) is 1. The maximum absolute atomic E-state index is 12.9. The van der Waals surface area contributed by atoms with E-state index in [0.29, 0.717) is 31.0 Å². The third-order valence-electron chi connectivity index (χ3n) is 7.03. The summed E-state index contributed by atoms with van der Waals surface area (Å²) in [6, 6.07) is 6.33. The summed E-state index contributed by atoms with van der Waals surface area (Å²) < 4.78 is 28.4. The normalized spacial score (nSPS) is 31.3. The van der Waals surface area contributed by atoms with Crippen LogP contribution in [0.3, 0.4) is 0 Å². The number of fused-ring (bicyclic) bond motifs is 1. The SMILES string of the molecule is CC1CCCCC1NC(=O)C(C)N1CCC2(CCC1=O)Nc1ccccc1S(=O)(=O)N2. The molecular formula is C22H32N4O4S. The topological polar surface area (TPSA) is 108 Å². The Morgan fingerprint density at radius 3 is 2.74 bits per heavy atom.